The maximum atomic E-state index is 14.3. The zero-order chi connectivity index (χ0) is 22.9. The van der Waals surface area contributed by atoms with Crippen LogP contribution >= 0.6 is 0 Å². The lowest BCUT2D eigenvalue weighted by molar-refractivity contribution is 0.628. The first-order chi connectivity index (χ1) is 16.1. The number of pyridine rings is 1. The van der Waals surface area contributed by atoms with Gasteiger partial charge in [-0.2, -0.15) is 10.5 Å². The molecule has 4 aromatic rings. The summed E-state index contributed by atoms with van der Waals surface area (Å²) >= 11 is 0. The van der Waals surface area contributed by atoms with Crippen LogP contribution in [-0.2, 0) is 6.54 Å². The summed E-state index contributed by atoms with van der Waals surface area (Å²) in [4.78, 5) is 11.4. The molecule has 3 heterocycles. The Balaban J connectivity index is 1.80. The van der Waals surface area contributed by atoms with Gasteiger partial charge in [0, 0.05) is 37.1 Å². The second kappa shape index (κ2) is 8.34. The number of hydrogen-bond acceptors (Lipinski definition) is 6. The van der Waals surface area contributed by atoms with Crippen molar-refractivity contribution in [2.45, 2.75) is 19.0 Å². The fraction of sp³-hybridized carbons (Fsp3) is 0.200. The molecule has 7 nitrogen and oxygen atoms in total. The van der Waals surface area contributed by atoms with E-state index >= 15 is 0 Å². The largest absolute Gasteiger partial charge is 0.369 e. The van der Waals surface area contributed by atoms with Crippen molar-refractivity contribution in [3.05, 3.63) is 66.2 Å². The number of benzene rings is 2. The highest BCUT2D eigenvalue weighted by atomic mass is 19.1. The number of fused-ring (bicyclic) bond motifs is 1. The van der Waals surface area contributed by atoms with E-state index in [-0.39, 0.29) is 18.2 Å². The minimum absolute atomic E-state index is 0.0129. The molecule has 162 valence electrons. The van der Waals surface area contributed by atoms with E-state index in [2.05, 4.69) is 16.0 Å². The minimum Gasteiger partial charge on any atom is -0.369 e. The summed E-state index contributed by atoms with van der Waals surface area (Å²) in [7, 11) is 0. The molecule has 0 saturated carbocycles. The molecule has 0 aliphatic carbocycles. The maximum Gasteiger partial charge on any atom is 0.145 e. The molecule has 2 N–H and O–H groups in total. The van der Waals surface area contributed by atoms with Crippen LogP contribution in [0.25, 0.3) is 33.5 Å². The van der Waals surface area contributed by atoms with Gasteiger partial charge in [0.25, 0.3) is 0 Å². The third-order valence-corrected chi connectivity index (χ3v) is 5.92. The summed E-state index contributed by atoms with van der Waals surface area (Å²) in [5.74, 6) is 0.120. The Labute approximate surface area is 190 Å². The van der Waals surface area contributed by atoms with E-state index in [9.17, 15) is 14.9 Å². The first kappa shape index (κ1) is 20.6. The Morgan fingerprint density at radius 1 is 1.12 bits per heavy atom. The van der Waals surface area contributed by atoms with Crippen LogP contribution in [0.4, 0.5) is 10.1 Å². The Kier molecular flexibility index (Phi) is 5.21. The normalized spacial score (nSPS) is 15.5. The van der Waals surface area contributed by atoms with E-state index in [1.54, 1.807) is 18.5 Å². The number of halogens is 1. The van der Waals surface area contributed by atoms with E-state index in [1.165, 1.54) is 12.1 Å². The van der Waals surface area contributed by atoms with Gasteiger partial charge in [-0.25, -0.2) is 9.37 Å². The lowest BCUT2D eigenvalue weighted by Crippen LogP contribution is -2.27. The van der Waals surface area contributed by atoms with Crippen molar-refractivity contribution in [1.29, 1.82) is 10.5 Å². The molecule has 0 spiro atoms. The molecule has 1 aliphatic heterocycles. The number of rotatable bonds is 4. The van der Waals surface area contributed by atoms with Crippen molar-refractivity contribution in [3.8, 4) is 34.7 Å². The molecule has 2 aromatic heterocycles. The smallest absolute Gasteiger partial charge is 0.145 e. The van der Waals surface area contributed by atoms with E-state index in [4.69, 9.17) is 10.7 Å². The number of imidazole rings is 1. The Hall–Kier alpha value is -4.27. The van der Waals surface area contributed by atoms with Crippen molar-refractivity contribution >= 4 is 16.7 Å². The number of nitrogens with two attached hydrogens (primary N) is 1. The average Bonchev–Trinajstić information content (AvgIpc) is 3.42. The molecule has 1 saturated heterocycles. The number of nitriles is 2. The number of nitrogens with zero attached hydrogens (tertiary/aromatic N) is 6. The van der Waals surface area contributed by atoms with Gasteiger partial charge in [0.1, 0.15) is 18.2 Å². The van der Waals surface area contributed by atoms with Gasteiger partial charge in [-0.05, 0) is 42.3 Å². The predicted octanol–water partition coefficient (Wildman–Crippen LogP) is 3.84. The molecule has 2 aromatic carbocycles. The van der Waals surface area contributed by atoms with Crippen LogP contribution in [0.3, 0.4) is 0 Å². The second-order valence-electron chi connectivity index (χ2n) is 8.09. The molecule has 0 amide bonds. The Bertz CT molecular complexity index is 1440. The molecule has 1 fully saturated rings. The predicted molar refractivity (Wildman–Crippen MR) is 123 cm³/mol. The highest BCUT2D eigenvalue weighted by molar-refractivity contribution is 5.91. The number of para-hydroxylation sites is 2. The third-order valence-electron chi connectivity index (χ3n) is 5.92. The van der Waals surface area contributed by atoms with Gasteiger partial charge in [-0.1, -0.05) is 12.1 Å². The van der Waals surface area contributed by atoms with Gasteiger partial charge in [0.2, 0.25) is 0 Å². The summed E-state index contributed by atoms with van der Waals surface area (Å²) < 4.78 is 16.2. The second-order valence-corrected chi connectivity index (χ2v) is 8.09. The Morgan fingerprint density at radius 2 is 1.94 bits per heavy atom. The van der Waals surface area contributed by atoms with Crippen molar-refractivity contribution in [2.24, 2.45) is 5.73 Å². The van der Waals surface area contributed by atoms with Crippen molar-refractivity contribution in [3.63, 3.8) is 0 Å². The number of hydrogen-bond donors (Lipinski definition) is 1. The summed E-state index contributed by atoms with van der Waals surface area (Å²) in [5.41, 5.74) is 10.9. The molecular weight excluding hydrogens is 417 g/mol. The lowest BCUT2D eigenvalue weighted by Gasteiger charge is -2.25. The van der Waals surface area contributed by atoms with E-state index in [0.717, 1.165) is 35.2 Å². The molecule has 0 radical (unpaired) electrons. The standard InChI is InChI=1S/C25H20FN7/c26-18-10-16(12-28)9-17(11-18)20-13-30-14-21(24(20)32-7-5-19(29)15-32)25-31-22-3-1-2-4-23(22)33(25)8-6-27/h1-4,9-11,13-14,19H,5,7-8,15,29H2/t19-/m0/s1. The molecule has 5 rings (SSSR count). The van der Waals surface area contributed by atoms with Gasteiger partial charge >= 0.3 is 0 Å². The van der Waals surface area contributed by atoms with Crippen molar-refractivity contribution < 1.29 is 4.39 Å². The molecule has 1 aliphatic rings. The van der Waals surface area contributed by atoms with Crippen LogP contribution in [0, 0.1) is 28.5 Å². The first-order valence-electron chi connectivity index (χ1n) is 10.6. The summed E-state index contributed by atoms with van der Waals surface area (Å²) in [6, 6.07) is 16.2. The molecule has 1 atom stereocenters. The molecule has 33 heavy (non-hydrogen) atoms. The zero-order valence-electron chi connectivity index (χ0n) is 17.7. The fourth-order valence-electron chi connectivity index (χ4n) is 4.48. The monoisotopic (exact) mass is 437 g/mol. The molecular formula is C25H20FN7. The van der Waals surface area contributed by atoms with Crippen molar-refractivity contribution in [2.75, 3.05) is 18.0 Å². The van der Waals surface area contributed by atoms with Crippen LogP contribution in [0.2, 0.25) is 0 Å². The molecule has 0 unspecified atom stereocenters. The van der Waals surface area contributed by atoms with E-state index in [0.29, 0.717) is 23.5 Å². The third kappa shape index (κ3) is 3.67. The van der Waals surface area contributed by atoms with Gasteiger partial charge in [0.05, 0.1) is 40.0 Å². The quantitative estimate of drug-likeness (QED) is 0.520. The number of anilines is 1. The van der Waals surface area contributed by atoms with Gasteiger partial charge in [0.15, 0.2) is 0 Å². The van der Waals surface area contributed by atoms with E-state index in [1.807, 2.05) is 34.9 Å². The maximum absolute atomic E-state index is 14.3. The van der Waals surface area contributed by atoms with Crippen LogP contribution in [-0.4, -0.2) is 33.7 Å². The average molecular weight is 437 g/mol. The highest BCUT2D eigenvalue weighted by Gasteiger charge is 2.27. The molecule has 8 heteroatoms. The van der Waals surface area contributed by atoms with Gasteiger partial charge in [-0.3, -0.25) is 4.98 Å². The van der Waals surface area contributed by atoms with Crippen LogP contribution in [0.1, 0.15) is 12.0 Å². The zero-order valence-corrected chi connectivity index (χ0v) is 17.7. The van der Waals surface area contributed by atoms with Crippen molar-refractivity contribution in [1.82, 2.24) is 14.5 Å². The van der Waals surface area contributed by atoms with Crippen LogP contribution in [0.5, 0.6) is 0 Å². The topological polar surface area (TPSA) is 108 Å². The number of aromatic nitrogens is 3. The van der Waals surface area contributed by atoms with E-state index < -0.39 is 5.82 Å². The fourth-order valence-corrected chi connectivity index (χ4v) is 4.48. The van der Waals surface area contributed by atoms with Crippen LogP contribution < -0.4 is 10.6 Å². The highest BCUT2D eigenvalue weighted by Crippen LogP contribution is 2.41. The van der Waals surface area contributed by atoms with Gasteiger partial charge < -0.3 is 15.2 Å². The first-order valence-corrected chi connectivity index (χ1v) is 10.6. The van der Waals surface area contributed by atoms with Gasteiger partial charge in [-0.15, -0.1) is 0 Å². The SMILES string of the molecule is N#CCn1c(-c2cncc(-c3cc(F)cc(C#N)c3)c2N2CC[C@H](N)C2)nc2ccccc21. The Morgan fingerprint density at radius 3 is 2.70 bits per heavy atom. The summed E-state index contributed by atoms with van der Waals surface area (Å²) in [5, 5.41) is 18.8. The van der Waals surface area contributed by atoms with Crippen LogP contribution in [0.15, 0.2) is 54.9 Å². The summed E-state index contributed by atoms with van der Waals surface area (Å²) in [6.45, 7) is 1.48. The molecule has 0 bridgehead atoms. The summed E-state index contributed by atoms with van der Waals surface area (Å²) in [6.07, 6.45) is 4.22. The minimum atomic E-state index is -0.491. The lowest BCUT2D eigenvalue weighted by atomic mass is 9.99.